The van der Waals surface area contributed by atoms with E-state index in [-0.39, 0.29) is 17.1 Å². The maximum atomic E-state index is 12.9. The Morgan fingerprint density at radius 3 is 2.37 bits per heavy atom. The third-order valence-electron chi connectivity index (χ3n) is 4.90. The van der Waals surface area contributed by atoms with Crippen molar-refractivity contribution in [2.45, 2.75) is 60.4 Å². The maximum absolute atomic E-state index is 12.9. The highest BCUT2D eigenvalue weighted by Crippen LogP contribution is 2.40. The summed E-state index contributed by atoms with van der Waals surface area (Å²) < 4.78 is 7.42. The zero-order valence-electron chi connectivity index (χ0n) is 18.6. The molecule has 1 N–H and O–H groups in total. The summed E-state index contributed by atoms with van der Waals surface area (Å²) in [6, 6.07) is 6.84. The number of imidazole rings is 1. The molecule has 160 valence electrons. The van der Waals surface area contributed by atoms with Gasteiger partial charge in [0.1, 0.15) is 11.3 Å². The molecule has 30 heavy (non-hydrogen) atoms. The van der Waals surface area contributed by atoms with E-state index in [1.165, 1.54) is 13.0 Å². The number of pyridine rings is 1. The minimum atomic E-state index is -1.15. The molecular formula is C23H29N3O4. The molecule has 7 heteroatoms. The highest BCUT2D eigenvalue weighted by Gasteiger charge is 2.38. The summed E-state index contributed by atoms with van der Waals surface area (Å²) >= 11 is 0. The molecule has 1 amide bonds. The van der Waals surface area contributed by atoms with Crippen molar-refractivity contribution in [1.82, 2.24) is 9.38 Å². The molecule has 0 spiro atoms. The molecule has 0 fully saturated rings. The first-order chi connectivity index (χ1) is 13.8. The molecule has 3 aromatic rings. The molecule has 0 saturated carbocycles. The van der Waals surface area contributed by atoms with E-state index in [0.29, 0.717) is 22.9 Å². The lowest BCUT2D eigenvalue weighted by atomic mass is 9.80. The van der Waals surface area contributed by atoms with Crippen LogP contribution in [0.25, 0.3) is 17.1 Å². The quantitative estimate of drug-likeness (QED) is 0.626. The predicted molar refractivity (Wildman–Crippen MR) is 116 cm³/mol. The van der Waals surface area contributed by atoms with Gasteiger partial charge in [-0.3, -0.25) is 14.1 Å². The number of aromatic nitrogens is 2. The summed E-state index contributed by atoms with van der Waals surface area (Å²) in [5, 5.41) is 9.26. The van der Waals surface area contributed by atoms with E-state index in [2.05, 4.69) is 20.8 Å². The van der Waals surface area contributed by atoms with Gasteiger partial charge in [-0.2, -0.15) is 0 Å². The van der Waals surface area contributed by atoms with Gasteiger partial charge in [0.2, 0.25) is 11.7 Å². The van der Waals surface area contributed by atoms with E-state index < -0.39 is 11.5 Å². The van der Waals surface area contributed by atoms with Crippen LogP contribution in [0.2, 0.25) is 0 Å². The summed E-state index contributed by atoms with van der Waals surface area (Å²) in [5.41, 5.74) is 1.58. The van der Waals surface area contributed by atoms with Gasteiger partial charge in [-0.15, -0.1) is 0 Å². The molecule has 3 aromatic heterocycles. The Balaban J connectivity index is 2.30. The van der Waals surface area contributed by atoms with Crippen LogP contribution < -0.4 is 4.90 Å². The number of anilines is 1. The molecule has 0 unspecified atom stereocenters. The number of nitrogens with zero attached hydrogens (tertiary/aromatic N) is 3. The Morgan fingerprint density at radius 1 is 1.17 bits per heavy atom. The van der Waals surface area contributed by atoms with Crippen molar-refractivity contribution in [3.8, 4) is 11.5 Å². The van der Waals surface area contributed by atoms with E-state index in [4.69, 9.17) is 9.40 Å². The van der Waals surface area contributed by atoms with Gasteiger partial charge in [0.05, 0.1) is 0 Å². The van der Waals surface area contributed by atoms with Crippen LogP contribution in [0.15, 0.2) is 34.9 Å². The van der Waals surface area contributed by atoms with Crippen molar-refractivity contribution in [3.05, 3.63) is 41.8 Å². The average molecular weight is 412 g/mol. The Labute approximate surface area is 176 Å². The van der Waals surface area contributed by atoms with Crippen LogP contribution in [0.1, 0.15) is 64.1 Å². The molecule has 0 aromatic carbocycles. The molecule has 0 bridgehead atoms. The van der Waals surface area contributed by atoms with Crippen molar-refractivity contribution >= 4 is 23.3 Å². The second-order valence-corrected chi connectivity index (χ2v) is 9.59. The number of amides is 1. The van der Waals surface area contributed by atoms with Crippen molar-refractivity contribution in [2.24, 2.45) is 5.41 Å². The van der Waals surface area contributed by atoms with E-state index in [1.807, 2.05) is 43.5 Å². The van der Waals surface area contributed by atoms with Crippen LogP contribution in [-0.4, -0.2) is 31.9 Å². The number of hydrogen-bond acceptors (Lipinski definition) is 4. The van der Waals surface area contributed by atoms with Crippen LogP contribution in [0.5, 0.6) is 0 Å². The van der Waals surface area contributed by atoms with E-state index >= 15 is 0 Å². The first kappa shape index (κ1) is 21.6. The van der Waals surface area contributed by atoms with Crippen LogP contribution in [0.4, 0.5) is 5.82 Å². The van der Waals surface area contributed by atoms with Crippen molar-refractivity contribution < 1.29 is 19.1 Å². The Hall–Kier alpha value is -3.09. The summed E-state index contributed by atoms with van der Waals surface area (Å²) in [6.07, 6.45) is 2.62. The fourth-order valence-corrected chi connectivity index (χ4v) is 4.33. The predicted octanol–water partition coefficient (Wildman–Crippen LogP) is 5.17. The van der Waals surface area contributed by atoms with Crippen molar-refractivity contribution in [3.63, 3.8) is 0 Å². The van der Waals surface area contributed by atoms with Gasteiger partial charge in [-0.1, -0.05) is 20.8 Å². The molecule has 3 rings (SSSR count). The molecule has 3 heterocycles. The second-order valence-electron chi connectivity index (χ2n) is 9.59. The van der Waals surface area contributed by atoms with E-state index in [9.17, 15) is 14.7 Å². The Bertz CT molecular complexity index is 1120. The lowest BCUT2D eigenvalue weighted by molar-refractivity contribution is -0.117. The molecular weight excluding hydrogens is 382 g/mol. The first-order valence-corrected chi connectivity index (χ1v) is 9.93. The number of carboxylic acid groups (broad SMARTS) is 1. The number of aromatic carboxylic acids is 1. The normalized spacial score (nSPS) is 12.4. The lowest BCUT2D eigenvalue weighted by Gasteiger charge is -2.41. The average Bonchev–Trinajstić information content (AvgIpc) is 3.17. The molecule has 0 aliphatic heterocycles. The topological polar surface area (TPSA) is 88.0 Å². The largest absolute Gasteiger partial charge is 0.475 e. The Morgan fingerprint density at radius 2 is 1.83 bits per heavy atom. The van der Waals surface area contributed by atoms with Crippen LogP contribution in [0, 0.1) is 12.3 Å². The number of rotatable bonds is 5. The third-order valence-corrected chi connectivity index (χ3v) is 4.90. The van der Waals surface area contributed by atoms with Gasteiger partial charge >= 0.3 is 5.97 Å². The fourth-order valence-electron chi connectivity index (χ4n) is 4.33. The number of aryl methyl sites for hydroxylation is 1. The van der Waals surface area contributed by atoms with Crippen molar-refractivity contribution in [1.29, 1.82) is 0 Å². The maximum Gasteiger partial charge on any atom is 0.371 e. The number of fused-ring (bicyclic) bond motifs is 1. The van der Waals surface area contributed by atoms with Gasteiger partial charge in [0.25, 0.3) is 0 Å². The van der Waals surface area contributed by atoms with Crippen LogP contribution >= 0.6 is 0 Å². The molecule has 0 aliphatic carbocycles. The van der Waals surface area contributed by atoms with Gasteiger partial charge in [-0.05, 0) is 62.4 Å². The monoisotopic (exact) mass is 411 g/mol. The van der Waals surface area contributed by atoms with Crippen LogP contribution in [0.3, 0.4) is 0 Å². The number of carbonyl (C=O) groups is 2. The molecule has 0 radical (unpaired) electrons. The molecule has 0 aliphatic rings. The zero-order valence-corrected chi connectivity index (χ0v) is 18.6. The SMILES string of the molecule is CC(=O)N(c1c(-c2ccc(C(=O)O)o2)nc2cc(C)ccn12)C(C)(C)CC(C)(C)C. The smallest absolute Gasteiger partial charge is 0.371 e. The van der Waals surface area contributed by atoms with Crippen molar-refractivity contribution in [2.75, 3.05) is 4.90 Å². The summed E-state index contributed by atoms with van der Waals surface area (Å²) in [4.78, 5) is 30.7. The second kappa shape index (κ2) is 7.31. The summed E-state index contributed by atoms with van der Waals surface area (Å²) in [5.74, 6) is -0.580. The van der Waals surface area contributed by atoms with Gasteiger partial charge in [-0.25, -0.2) is 9.78 Å². The highest BCUT2D eigenvalue weighted by atomic mass is 16.4. The lowest BCUT2D eigenvalue weighted by Crippen LogP contribution is -2.50. The number of hydrogen-bond donors (Lipinski definition) is 1. The highest BCUT2D eigenvalue weighted by molar-refractivity contribution is 5.96. The minimum Gasteiger partial charge on any atom is -0.475 e. The Kier molecular flexibility index (Phi) is 5.26. The standard InChI is InChI=1S/C23H29N3O4/c1-14-10-11-25-18(12-14)24-19(16-8-9-17(30-16)21(28)29)20(25)26(15(2)27)23(6,7)13-22(3,4)5/h8-12H,13H2,1-7H3,(H,28,29). The van der Waals surface area contributed by atoms with E-state index in [0.717, 1.165) is 12.0 Å². The number of furan rings is 1. The van der Waals surface area contributed by atoms with E-state index in [1.54, 1.807) is 11.0 Å². The summed E-state index contributed by atoms with van der Waals surface area (Å²) in [6.45, 7) is 14.0. The minimum absolute atomic E-state index is 0.0183. The molecule has 0 saturated heterocycles. The van der Waals surface area contributed by atoms with Crippen LogP contribution in [-0.2, 0) is 4.79 Å². The first-order valence-electron chi connectivity index (χ1n) is 9.93. The summed E-state index contributed by atoms with van der Waals surface area (Å²) in [7, 11) is 0. The van der Waals surface area contributed by atoms with Gasteiger partial charge < -0.3 is 9.52 Å². The molecule has 7 nitrogen and oxygen atoms in total. The fraction of sp³-hybridized carbons (Fsp3) is 0.435. The number of carboxylic acids is 1. The number of carbonyl (C=O) groups excluding carboxylic acids is 1. The van der Waals surface area contributed by atoms with Gasteiger partial charge in [0.15, 0.2) is 11.6 Å². The zero-order chi connectivity index (χ0) is 22.4. The third kappa shape index (κ3) is 4.10. The van der Waals surface area contributed by atoms with Gasteiger partial charge in [0, 0.05) is 18.7 Å². The molecule has 0 atom stereocenters.